The summed E-state index contributed by atoms with van der Waals surface area (Å²) in [7, 11) is 0. The van der Waals surface area contributed by atoms with Crippen molar-refractivity contribution in [3.8, 4) is 0 Å². The van der Waals surface area contributed by atoms with Gasteiger partial charge in [-0.2, -0.15) is 11.3 Å². The molecular weight excluding hydrogens is 447 g/mol. The Morgan fingerprint density at radius 2 is 1.76 bits per heavy atom. The Bertz CT molecular complexity index is 992. The molecule has 3 nitrogen and oxygen atoms in total. The maximum absolute atomic E-state index is 12.9. The van der Waals surface area contributed by atoms with Crippen molar-refractivity contribution in [1.82, 2.24) is 4.90 Å². The second-order valence-corrected chi connectivity index (χ2v) is 9.06. The summed E-state index contributed by atoms with van der Waals surface area (Å²) in [5, 5.41) is 5.92. The van der Waals surface area contributed by atoms with Crippen molar-refractivity contribution in [2.45, 2.75) is 12.5 Å². The SMILES string of the molecule is O=C(Cc1ccsc1)N1CCN(c2ccc(Cl)cc2Cl)C(c2ccc(Cl)cc2)C1. The molecule has 1 atom stereocenters. The van der Waals surface area contributed by atoms with Gasteiger partial charge in [-0.05, 0) is 58.3 Å². The van der Waals surface area contributed by atoms with Crippen LogP contribution in [0.25, 0.3) is 0 Å². The van der Waals surface area contributed by atoms with Gasteiger partial charge in [-0.3, -0.25) is 4.79 Å². The molecule has 29 heavy (non-hydrogen) atoms. The molecule has 1 saturated heterocycles. The van der Waals surface area contributed by atoms with E-state index in [-0.39, 0.29) is 11.9 Å². The Balaban J connectivity index is 1.62. The fourth-order valence-corrected chi connectivity index (χ4v) is 4.97. The smallest absolute Gasteiger partial charge is 0.227 e. The lowest BCUT2D eigenvalue weighted by molar-refractivity contribution is -0.131. The highest BCUT2D eigenvalue weighted by Gasteiger charge is 2.31. The van der Waals surface area contributed by atoms with E-state index in [1.807, 2.05) is 58.1 Å². The number of rotatable bonds is 4. The fourth-order valence-electron chi connectivity index (χ4n) is 3.66. The minimum atomic E-state index is -0.0221. The Hall–Kier alpha value is -1.72. The maximum Gasteiger partial charge on any atom is 0.227 e. The third kappa shape index (κ3) is 4.72. The minimum absolute atomic E-state index is 0.0221. The Morgan fingerprint density at radius 3 is 2.45 bits per heavy atom. The predicted molar refractivity (Wildman–Crippen MR) is 123 cm³/mol. The van der Waals surface area contributed by atoms with E-state index in [4.69, 9.17) is 34.8 Å². The third-order valence-electron chi connectivity index (χ3n) is 5.14. The van der Waals surface area contributed by atoms with Crippen molar-refractivity contribution in [2.24, 2.45) is 0 Å². The summed E-state index contributed by atoms with van der Waals surface area (Å²) in [5.74, 6) is 0.143. The monoisotopic (exact) mass is 464 g/mol. The molecule has 3 aromatic rings. The number of hydrogen-bond acceptors (Lipinski definition) is 3. The van der Waals surface area contributed by atoms with E-state index in [1.54, 1.807) is 17.4 Å². The predicted octanol–water partition coefficient (Wildman–Crippen LogP) is 6.34. The largest absolute Gasteiger partial charge is 0.360 e. The standard InChI is InChI=1S/C22H19Cl3N2OS/c23-17-3-1-16(2-4-17)21-13-26(22(28)11-15-7-10-29-14-15)8-9-27(21)20-6-5-18(24)12-19(20)25/h1-7,10,12,14,21H,8-9,11,13H2. The van der Waals surface area contributed by atoms with Crippen LogP contribution in [0.2, 0.25) is 15.1 Å². The van der Waals surface area contributed by atoms with E-state index in [2.05, 4.69) is 4.90 Å². The molecule has 1 aliphatic heterocycles. The second kappa shape index (κ2) is 8.97. The number of piperazine rings is 1. The second-order valence-electron chi connectivity index (χ2n) is 7.00. The molecule has 1 fully saturated rings. The quantitative estimate of drug-likeness (QED) is 0.449. The van der Waals surface area contributed by atoms with Gasteiger partial charge in [-0.15, -0.1) is 0 Å². The van der Waals surface area contributed by atoms with E-state index in [1.165, 1.54) is 0 Å². The first-order valence-electron chi connectivity index (χ1n) is 9.27. The van der Waals surface area contributed by atoms with E-state index in [9.17, 15) is 4.79 Å². The Labute approximate surface area is 189 Å². The zero-order valence-corrected chi connectivity index (χ0v) is 18.6. The zero-order chi connectivity index (χ0) is 20.4. The van der Waals surface area contributed by atoms with Crippen LogP contribution in [0.4, 0.5) is 5.69 Å². The average Bonchev–Trinajstić information content (AvgIpc) is 3.21. The molecule has 1 aromatic heterocycles. The number of halogens is 3. The third-order valence-corrected chi connectivity index (χ3v) is 6.66. The van der Waals surface area contributed by atoms with Gasteiger partial charge in [0.15, 0.2) is 0 Å². The van der Waals surface area contributed by atoms with Crippen LogP contribution in [0.15, 0.2) is 59.3 Å². The number of nitrogens with zero attached hydrogens (tertiary/aromatic N) is 2. The Kier molecular flexibility index (Phi) is 6.35. The average molecular weight is 466 g/mol. The molecule has 0 bridgehead atoms. The van der Waals surface area contributed by atoms with Gasteiger partial charge in [-0.25, -0.2) is 0 Å². The summed E-state index contributed by atoms with van der Waals surface area (Å²) < 4.78 is 0. The molecule has 0 saturated carbocycles. The normalized spacial score (nSPS) is 16.9. The van der Waals surface area contributed by atoms with Crippen LogP contribution < -0.4 is 4.90 Å². The molecule has 1 aliphatic rings. The lowest BCUT2D eigenvalue weighted by atomic mass is 10.0. The van der Waals surface area contributed by atoms with Gasteiger partial charge in [0.05, 0.1) is 23.2 Å². The van der Waals surface area contributed by atoms with E-state index in [0.29, 0.717) is 41.1 Å². The number of benzene rings is 2. The first-order valence-corrected chi connectivity index (χ1v) is 11.3. The van der Waals surface area contributed by atoms with Gasteiger partial charge in [0, 0.05) is 29.7 Å². The summed E-state index contributed by atoms with van der Waals surface area (Å²) in [6, 6.07) is 15.3. The van der Waals surface area contributed by atoms with Crippen molar-refractivity contribution in [2.75, 3.05) is 24.5 Å². The van der Waals surface area contributed by atoms with Crippen molar-refractivity contribution in [1.29, 1.82) is 0 Å². The van der Waals surface area contributed by atoms with Crippen LogP contribution in [0.1, 0.15) is 17.2 Å². The summed E-state index contributed by atoms with van der Waals surface area (Å²) in [6.07, 6.45) is 0.429. The molecule has 0 spiro atoms. The first kappa shape index (κ1) is 20.5. The molecule has 0 radical (unpaired) electrons. The summed E-state index contributed by atoms with van der Waals surface area (Å²) in [6.45, 7) is 1.92. The fraction of sp³-hybridized carbons (Fsp3) is 0.227. The number of carbonyl (C=O) groups is 1. The highest BCUT2D eigenvalue weighted by atomic mass is 35.5. The van der Waals surface area contributed by atoms with Gasteiger partial charge in [0.1, 0.15) is 0 Å². The molecule has 150 valence electrons. The van der Waals surface area contributed by atoms with E-state index >= 15 is 0 Å². The molecule has 1 amide bonds. The van der Waals surface area contributed by atoms with Crippen molar-refractivity contribution in [3.05, 3.63) is 85.5 Å². The first-order chi connectivity index (χ1) is 14.0. The molecule has 2 aromatic carbocycles. The number of thiophene rings is 1. The molecule has 4 rings (SSSR count). The van der Waals surface area contributed by atoms with Gasteiger partial charge in [0.25, 0.3) is 0 Å². The van der Waals surface area contributed by atoms with Crippen molar-refractivity contribution >= 4 is 57.7 Å². The number of hydrogen-bond donors (Lipinski definition) is 0. The summed E-state index contributed by atoms with van der Waals surface area (Å²) in [4.78, 5) is 17.1. The van der Waals surface area contributed by atoms with Gasteiger partial charge >= 0.3 is 0 Å². The van der Waals surface area contributed by atoms with Crippen molar-refractivity contribution < 1.29 is 4.79 Å². The van der Waals surface area contributed by atoms with Crippen LogP contribution in [0.5, 0.6) is 0 Å². The van der Waals surface area contributed by atoms with E-state index < -0.39 is 0 Å². The van der Waals surface area contributed by atoms with Gasteiger partial charge in [0.2, 0.25) is 5.91 Å². The summed E-state index contributed by atoms with van der Waals surface area (Å²) >= 11 is 20.3. The van der Waals surface area contributed by atoms with Crippen LogP contribution in [-0.4, -0.2) is 30.4 Å². The zero-order valence-electron chi connectivity index (χ0n) is 15.5. The number of amides is 1. The van der Waals surface area contributed by atoms with Crippen LogP contribution >= 0.6 is 46.1 Å². The molecule has 1 unspecified atom stereocenters. The topological polar surface area (TPSA) is 23.6 Å². The van der Waals surface area contributed by atoms with Crippen LogP contribution in [-0.2, 0) is 11.2 Å². The Morgan fingerprint density at radius 1 is 1.00 bits per heavy atom. The lowest BCUT2D eigenvalue weighted by Gasteiger charge is -2.43. The molecule has 7 heteroatoms. The van der Waals surface area contributed by atoms with Crippen molar-refractivity contribution in [3.63, 3.8) is 0 Å². The van der Waals surface area contributed by atoms with E-state index in [0.717, 1.165) is 16.8 Å². The minimum Gasteiger partial charge on any atom is -0.360 e. The molecular formula is C22H19Cl3N2OS. The van der Waals surface area contributed by atoms with Crippen LogP contribution in [0, 0.1) is 0 Å². The van der Waals surface area contributed by atoms with Gasteiger partial charge < -0.3 is 9.80 Å². The highest BCUT2D eigenvalue weighted by molar-refractivity contribution is 7.08. The maximum atomic E-state index is 12.9. The highest BCUT2D eigenvalue weighted by Crippen LogP contribution is 2.37. The number of anilines is 1. The molecule has 2 heterocycles. The summed E-state index contributed by atoms with van der Waals surface area (Å²) in [5.41, 5.74) is 3.07. The number of carbonyl (C=O) groups excluding carboxylic acids is 1. The lowest BCUT2D eigenvalue weighted by Crippen LogP contribution is -2.51. The van der Waals surface area contributed by atoms with Crippen LogP contribution in [0.3, 0.4) is 0 Å². The molecule has 0 N–H and O–H groups in total. The molecule has 0 aliphatic carbocycles. The van der Waals surface area contributed by atoms with Gasteiger partial charge in [-0.1, -0.05) is 46.9 Å².